The fourth-order valence-electron chi connectivity index (χ4n) is 2.23. The lowest BCUT2D eigenvalue weighted by molar-refractivity contribution is 0.477. The maximum Gasteiger partial charge on any atom is 0.244 e. The zero-order chi connectivity index (χ0) is 16.3. The quantitative estimate of drug-likeness (QED) is 0.829. The van der Waals surface area contributed by atoms with E-state index in [0.29, 0.717) is 23.1 Å². The van der Waals surface area contributed by atoms with Gasteiger partial charge in [-0.2, -0.15) is 9.57 Å². The minimum atomic E-state index is -3.46. The molecule has 1 saturated heterocycles. The highest BCUT2D eigenvalue weighted by Gasteiger charge is 2.27. The summed E-state index contributed by atoms with van der Waals surface area (Å²) in [5.41, 5.74) is 0.216. The van der Waals surface area contributed by atoms with Crippen molar-refractivity contribution < 1.29 is 8.42 Å². The van der Waals surface area contributed by atoms with E-state index in [2.05, 4.69) is 15.0 Å². The van der Waals surface area contributed by atoms with Crippen LogP contribution in [0.25, 0.3) is 0 Å². The molecule has 0 bridgehead atoms. The van der Waals surface area contributed by atoms with Crippen LogP contribution in [0, 0.1) is 11.3 Å². The van der Waals surface area contributed by atoms with Gasteiger partial charge in [-0.25, -0.2) is 23.4 Å². The topological polar surface area (TPSA) is 99.8 Å². The molecule has 0 saturated carbocycles. The summed E-state index contributed by atoms with van der Waals surface area (Å²) >= 11 is 1.17. The molecule has 0 aromatic carbocycles. The summed E-state index contributed by atoms with van der Waals surface area (Å²) in [4.78, 5) is 12.4. The standard InChI is InChI=1S/C14H13N5O2S2/c15-9-12-14(17-6-5-16-12)22-13-4-3-11(10-18-13)23(20,21)19-7-1-2-8-19/h3-6,10H,1-2,7-8H2. The Morgan fingerprint density at radius 3 is 2.52 bits per heavy atom. The molecule has 118 valence electrons. The number of rotatable bonds is 4. The molecule has 1 aliphatic heterocycles. The van der Waals surface area contributed by atoms with Crippen molar-refractivity contribution in [3.63, 3.8) is 0 Å². The molecule has 1 aliphatic rings. The van der Waals surface area contributed by atoms with Crippen LogP contribution in [-0.2, 0) is 10.0 Å². The minimum absolute atomic E-state index is 0.184. The highest BCUT2D eigenvalue weighted by molar-refractivity contribution is 7.99. The van der Waals surface area contributed by atoms with Gasteiger partial charge in [0.05, 0.1) is 0 Å². The number of nitrogens with zero attached hydrogens (tertiary/aromatic N) is 5. The van der Waals surface area contributed by atoms with E-state index in [9.17, 15) is 8.42 Å². The molecule has 0 unspecified atom stereocenters. The molecule has 0 atom stereocenters. The third-order valence-corrected chi connectivity index (χ3v) is 6.21. The van der Waals surface area contributed by atoms with Crippen molar-refractivity contribution in [3.05, 3.63) is 36.4 Å². The van der Waals surface area contributed by atoms with Gasteiger partial charge in [-0.3, -0.25) is 0 Å². The number of nitriles is 1. The van der Waals surface area contributed by atoms with Gasteiger partial charge in [-0.05, 0) is 36.7 Å². The van der Waals surface area contributed by atoms with Crippen LogP contribution in [0.1, 0.15) is 18.5 Å². The molecular weight excluding hydrogens is 334 g/mol. The van der Waals surface area contributed by atoms with Gasteiger partial charge in [0, 0.05) is 31.7 Å². The Kier molecular flexibility index (Phi) is 4.56. The van der Waals surface area contributed by atoms with Crippen molar-refractivity contribution in [2.24, 2.45) is 0 Å². The number of hydrogen-bond acceptors (Lipinski definition) is 7. The summed E-state index contributed by atoms with van der Waals surface area (Å²) in [7, 11) is -3.46. The van der Waals surface area contributed by atoms with E-state index in [4.69, 9.17) is 5.26 Å². The van der Waals surface area contributed by atoms with Crippen molar-refractivity contribution in [1.82, 2.24) is 19.3 Å². The fourth-order valence-corrected chi connectivity index (χ4v) is 4.44. The first-order chi connectivity index (χ1) is 11.1. The normalized spacial score (nSPS) is 15.4. The van der Waals surface area contributed by atoms with Gasteiger partial charge in [0.1, 0.15) is 21.0 Å². The molecule has 2 aromatic rings. The Morgan fingerprint density at radius 2 is 1.87 bits per heavy atom. The first kappa shape index (κ1) is 15.9. The van der Waals surface area contributed by atoms with Crippen molar-refractivity contribution >= 4 is 21.8 Å². The lowest BCUT2D eigenvalue weighted by Crippen LogP contribution is -2.27. The van der Waals surface area contributed by atoms with Gasteiger partial charge >= 0.3 is 0 Å². The van der Waals surface area contributed by atoms with E-state index >= 15 is 0 Å². The zero-order valence-corrected chi connectivity index (χ0v) is 13.7. The van der Waals surface area contributed by atoms with Crippen molar-refractivity contribution in [3.8, 4) is 6.07 Å². The highest BCUT2D eigenvalue weighted by atomic mass is 32.2. The van der Waals surface area contributed by atoms with Gasteiger partial charge in [-0.1, -0.05) is 0 Å². The summed E-state index contributed by atoms with van der Waals surface area (Å²) < 4.78 is 26.3. The number of hydrogen-bond donors (Lipinski definition) is 0. The van der Waals surface area contributed by atoms with Crippen LogP contribution in [0.15, 0.2) is 45.7 Å². The highest BCUT2D eigenvalue weighted by Crippen LogP contribution is 2.27. The monoisotopic (exact) mass is 347 g/mol. The average molecular weight is 347 g/mol. The molecule has 7 nitrogen and oxygen atoms in total. The van der Waals surface area contributed by atoms with Crippen molar-refractivity contribution in [2.45, 2.75) is 27.8 Å². The molecule has 23 heavy (non-hydrogen) atoms. The summed E-state index contributed by atoms with van der Waals surface area (Å²) in [6.07, 6.45) is 6.07. The summed E-state index contributed by atoms with van der Waals surface area (Å²) in [6, 6.07) is 5.11. The smallest absolute Gasteiger partial charge is 0.244 e. The molecule has 0 spiro atoms. The lowest BCUT2D eigenvalue weighted by Gasteiger charge is -2.15. The molecule has 0 aliphatic carbocycles. The third-order valence-electron chi connectivity index (χ3n) is 3.38. The maximum atomic E-state index is 12.4. The van der Waals surface area contributed by atoms with Crippen LogP contribution in [0.4, 0.5) is 0 Å². The number of pyridine rings is 1. The van der Waals surface area contributed by atoms with E-state index in [1.165, 1.54) is 40.7 Å². The second kappa shape index (κ2) is 6.62. The van der Waals surface area contributed by atoms with E-state index in [-0.39, 0.29) is 10.6 Å². The van der Waals surface area contributed by atoms with Crippen molar-refractivity contribution in [2.75, 3.05) is 13.1 Å². The van der Waals surface area contributed by atoms with E-state index < -0.39 is 10.0 Å². The van der Waals surface area contributed by atoms with Gasteiger partial charge in [0.2, 0.25) is 10.0 Å². The van der Waals surface area contributed by atoms with Gasteiger partial charge < -0.3 is 0 Å². The molecule has 0 amide bonds. The molecule has 1 fully saturated rings. The van der Waals surface area contributed by atoms with Crippen molar-refractivity contribution in [1.29, 1.82) is 5.26 Å². The SMILES string of the molecule is N#Cc1nccnc1Sc1ccc(S(=O)(=O)N2CCCC2)cn1. The minimum Gasteiger partial charge on any atom is -0.248 e. The van der Waals surface area contributed by atoms with E-state index in [1.807, 2.05) is 6.07 Å². The van der Waals surface area contributed by atoms with E-state index in [1.54, 1.807) is 6.07 Å². The molecule has 9 heteroatoms. The molecule has 0 N–H and O–H groups in total. The molecule has 0 radical (unpaired) electrons. The van der Waals surface area contributed by atoms with Gasteiger partial charge in [-0.15, -0.1) is 0 Å². The van der Waals surface area contributed by atoms with Gasteiger partial charge in [0.15, 0.2) is 5.69 Å². The molecule has 3 rings (SSSR count). The van der Waals surface area contributed by atoms with Gasteiger partial charge in [0.25, 0.3) is 0 Å². The third kappa shape index (κ3) is 3.34. The van der Waals surface area contributed by atoms with Crippen LogP contribution in [0.2, 0.25) is 0 Å². The van der Waals surface area contributed by atoms with Crippen LogP contribution in [0.3, 0.4) is 0 Å². The van der Waals surface area contributed by atoms with Crippen LogP contribution in [0.5, 0.6) is 0 Å². The summed E-state index contributed by atoms with van der Waals surface area (Å²) in [6.45, 7) is 1.12. The predicted molar refractivity (Wildman–Crippen MR) is 83.1 cm³/mol. The molecule has 3 heterocycles. The zero-order valence-electron chi connectivity index (χ0n) is 12.1. The summed E-state index contributed by atoms with van der Waals surface area (Å²) in [5.74, 6) is 0. The Labute approximate surface area is 138 Å². The first-order valence-corrected chi connectivity index (χ1v) is 9.22. The van der Waals surface area contributed by atoms with Crippen LogP contribution >= 0.6 is 11.8 Å². The largest absolute Gasteiger partial charge is 0.248 e. The number of sulfonamides is 1. The Balaban J connectivity index is 1.81. The van der Waals surface area contributed by atoms with Crippen LogP contribution in [-0.4, -0.2) is 40.8 Å². The molecular formula is C14H13N5O2S2. The summed E-state index contributed by atoms with van der Waals surface area (Å²) in [5, 5.41) is 10.00. The lowest BCUT2D eigenvalue weighted by atomic mass is 10.4. The second-order valence-corrected chi connectivity index (χ2v) is 7.81. The number of aromatic nitrogens is 3. The fraction of sp³-hybridized carbons (Fsp3) is 0.286. The first-order valence-electron chi connectivity index (χ1n) is 6.96. The van der Waals surface area contributed by atoms with E-state index in [0.717, 1.165) is 12.8 Å². The average Bonchev–Trinajstić information content (AvgIpc) is 3.11. The maximum absolute atomic E-state index is 12.4. The Bertz CT molecular complexity index is 840. The Hall–Kier alpha value is -2.02. The Morgan fingerprint density at radius 1 is 1.13 bits per heavy atom. The predicted octanol–water partition coefficient (Wildman–Crippen LogP) is 1.68. The molecule has 2 aromatic heterocycles. The second-order valence-electron chi connectivity index (χ2n) is 4.87. The van der Waals surface area contributed by atoms with Crippen LogP contribution < -0.4 is 0 Å².